The molecule has 1 N–H and O–H groups in total. The number of fused-ring (bicyclic) bond motifs is 9. The highest BCUT2D eigenvalue weighted by molar-refractivity contribution is 5.15. The van der Waals surface area contributed by atoms with Crippen LogP contribution >= 0.6 is 0 Å². The highest BCUT2D eigenvalue weighted by atomic mass is 16.6. The minimum Gasteiger partial charge on any atom is -0.367 e. The Morgan fingerprint density at radius 1 is 1.14 bits per heavy atom. The quantitative estimate of drug-likeness (QED) is 0.621. The van der Waals surface area contributed by atoms with Crippen molar-refractivity contribution in [3.63, 3.8) is 0 Å². The fourth-order valence-corrected chi connectivity index (χ4v) is 6.59. The van der Waals surface area contributed by atoms with E-state index in [0.29, 0.717) is 5.92 Å². The molecule has 120 valence electrons. The first-order valence-corrected chi connectivity index (χ1v) is 9.21. The van der Waals surface area contributed by atoms with Gasteiger partial charge in [-0.3, -0.25) is 0 Å². The summed E-state index contributed by atoms with van der Waals surface area (Å²) in [7, 11) is 0. The molecule has 2 heteroatoms. The molecule has 4 rings (SSSR count). The van der Waals surface area contributed by atoms with E-state index in [9.17, 15) is 5.11 Å². The summed E-state index contributed by atoms with van der Waals surface area (Å²) in [5.74, 6) is 5.56. The zero-order valence-corrected chi connectivity index (χ0v) is 14.1. The van der Waals surface area contributed by atoms with Crippen molar-refractivity contribution >= 4 is 0 Å². The third kappa shape index (κ3) is 1.91. The van der Waals surface area contributed by atoms with Crippen LogP contribution in [0.25, 0.3) is 0 Å². The third-order valence-electron chi connectivity index (χ3n) is 8.02. The van der Waals surface area contributed by atoms with E-state index in [4.69, 9.17) is 4.74 Å². The van der Waals surface area contributed by atoms with Gasteiger partial charge in [0.05, 0.1) is 5.60 Å². The number of rotatable bonds is 4. The monoisotopic (exact) mass is 292 g/mol. The summed E-state index contributed by atoms with van der Waals surface area (Å²) < 4.78 is 6.36. The summed E-state index contributed by atoms with van der Waals surface area (Å²) in [6.45, 7) is 8.68. The molecule has 4 aliphatic carbocycles. The Morgan fingerprint density at radius 3 is 2.48 bits per heavy atom. The van der Waals surface area contributed by atoms with Gasteiger partial charge in [0.2, 0.25) is 0 Å². The molecule has 7 unspecified atom stereocenters. The maximum Gasteiger partial charge on any atom is 0.160 e. The summed E-state index contributed by atoms with van der Waals surface area (Å²) in [6, 6.07) is 0. The van der Waals surface area contributed by atoms with Crippen LogP contribution < -0.4 is 0 Å². The van der Waals surface area contributed by atoms with E-state index >= 15 is 0 Å². The van der Waals surface area contributed by atoms with Crippen LogP contribution in [0.2, 0.25) is 0 Å². The molecule has 8 atom stereocenters. The molecule has 4 aliphatic rings. The summed E-state index contributed by atoms with van der Waals surface area (Å²) in [6.07, 6.45) is 7.36. The molecule has 0 aliphatic heterocycles. The zero-order chi connectivity index (χ0) is 15.0. The van der Waals surface area contributed by atoms with Crippen molar-refractivity contribution in [2.75, 3.05) is 0 Å². The van der Waals surface area contributed by atoms with Crippen molar-refractivity contribution in [1.29, 1.82) is 0 Å². The lowest BCUT2D eigenvalue weighted by Gasteiger charge is -2.47. The van der Waals surface area contributed by atoms with Gasteiger partial charge in [0.25, 0.3) is 0 Å². The Bertz CT molecular complexity index is 431. The van der Waals surface area contributed by atoms with Crippen molar-refractivity contribution in [1.82, 2.24) is 0 Å². The first kappa shape index (κ1) is 14.5. The summed E-state index contributed by atoms with van der Waals surface area (Å²) in [4.78, 5) is 0. The molecule has 0 amide bonds. The van der Waals surface area contributed by atoms with Gasteiger partial charge in [0.15, 0.2) is 6.29 Å². The number of aliphatic hydroxyl groups excluding tert-OH is 1. The van der Waals surface area contributed by atoms with Gasteiger partial charge < -0.3 is 9.84 Å². The van der Waals surface area contributed by atoms with E-state index in [1.165, 1.54) is 32.1 Å². The summed E-state index contributed by atoms with van der Waals surface area (Å²) >= 11 is 0. The van der Waals surface area contributed by atoms with Crippen molar-refractivity contribution in [3.8, 4) is 0 Å². The number of ether oxygens (including phenoxy) is 1. The molecule has 0 radical (unpaired) electrons. The highest BCUT2D eigenvalue weighted by Crippen LogP contribution is 2.70. The second-order valence-electron chi connectivity index (χ2n) is 9.42. The topological polar surface area (TPSA) is 29.5 Å². The second kappa shape index (κ2) is 4.47. The van der Waals surface area contributed by atoms with Gasteiger partial charge in [-0.1, -0.05) is 20.8 Å². The lowest BCUT2D eigenvalue weighted by atomic mass is 9.66. The van der Waals surface area contributed by atoms with Gasteiger partial charge in [-0.2, -0.15) is 0 Å². The number of hydrogen-bond donors (Lipinski definition) is 1. The van der Waals surface area contributed by atoms with Crippen molar-refractivity contribution in [3.05, 3.63) is 0 Å². The lowest BCUT2D eigenvalue weighted by Crippen LogP contribution is -2.48. The molecular formula is C19H32O2. The maximum atomic E-state index is 10.6. The fourth-order valence-electron chi connectivity index (χ4n) is 6.59. The Balaban J connectivity index is 1.53. The second-order valence-corrected chi connectivity index (χ2v) is 9.42. The Kier molecular flexibility index (Phi) is 3.09. The van der Waals surface area contributed by atoms with Gasteiger partial charge in [-0.15, -0.1) is 0 Å². The standard InChI is InChI=1S/C19H32O2/c1-5-18(2,3)17(20)21-19(4)10-13-9-14(19)16-12-7-6-11(8-12)15(13)16/h11-17,20H,5-10H2,1-4H3/t11?,12?,13?,14?,15?,16?,17-,19?/m0/s1. The van der Waals surface area contributed by atoms with Gasteiger partial charge in [-0.25, -0.2) is 0 Å². The van der Waals surface area contributed by atoms with Crippen LogP contribution in [-0.4, -0.2) is 17.0 Å². The lowest BCUT2D eigenvalue weighted by molar-refractivity contribution is -0.248. The van der Waals surface area contributed by atoms with E-state index in [1.54, 1.807) is 0 Å². The van der Waals surface area contributed by atoms with Crippen LogP contribution in [0, 0.1) is 40.9 Å². The average molecular weight is 292 g/mol. The number of aliphatic hydroxyl groups is 1. The molecule has 0 aromatic heterocycles. The SMILES string of the molecule is CCC(C)(C)[C@@H](O)OC1(C)CC2CC1C1C3CCC(C3)C21. The van der Waals surface area contributed by atoms with E-state index < -0.39 is 6.29 Å². The maximum absolute atomic E-state index is 10.6. The predicted octanol–water partition coefficient (Wildman–Crippen LogP) is 4.22. The molecule has 0 saturated heterocycles. The first-order chi connectivity index (χ1) is 9.86. The molecule has 4 bridgehead atoms. The van der Waals surface area contributed by atoms with Crippen molar-refractivity contribution < 1.29 is 9.84 Å². The third-order valence-corrected chi connectivity index (χ3v) is 8.02. The van der Waals surface area contributed by atoms with Crippen LogP contribution in [0.5, 0.6) is 0 Å². The summed E-state index contributed by atoms with van der Waals surface area (Å²) in [5.41, 5.74) is -0.207. The molecule has 21 heavy (non-hydrogen) atoms. The fraction of sp³-hybridized carbons (Fsp3) is 1.00. The molecule has 4 saturated carbocycles. The van der Waals surface area contributed by atoms with Gasteiger partial charge in [0, 0.05) is 5.41 Å². The molecule has 0 aromatic carbocycles. The van der Waals surface area contributed by atoms with Crippen molar-refractivity contribution in [2.45, 2.75) is 78.1 Å². The van der Waals surface area contributed by atoms with Gasteiger partial charge in [0.1, 0.15) is 0 Å². The Morgan fingerprint density at radius 2 is 1.81 bits per heavy atom. The molecular weight excluding hydrogens is 260 g/mol. The molecule has 0 aromatic rings. The highest BCUT2D eigenvalue weighted by Gasteiger charge is 2.66. The minimum atomic E-state index is -0.621. The normalized spacial score (nSPS) is 52.4. The predicted molar refractivity (Wildman–Crippen MR) is 83.6 cm³/mol. The molecule has 0 heterocycles. The van der Waals surface area contributed by atoms with E-state index in [1.807, 2.05) is 0 Å². The van der Waals surface area contributed by atoms with Gasteiger partial charge >= 0.3 is 0 Å². The Labute approximate surface area is 129 Å². The van der Waals surface area contributed by atoms with E-state index in [0.717, 1.165) is 36.0 Å². The van der Waals surface area contributed by atoms with Crippen LogP contribution in [0.15, 0.2) is 0 Å². The van der Waals surface area contributed by atoms with Crippen LogP contribution in [-0.2, 0) is 4.74 Å². The molecule has 2 nitrogen and oxygen atoms in total. The number of hydrogen-bond acceptors (Lipinski definition) is 2. The van der Waals surface area contributed by atoms with Gasteiger partial charge in [-0.05, 0) is 81.0 Å². The van der Waals surface area contributed by atoms with Crippen LogP contribution in [0.4, 0.5) is 0 Å². The molecule has 0 spiro atoms. The van der Waals surface area contributed by atoms with Crippen LogP contribution in [0.1, 0.15) is 66.2 Å². The smallest absolute Gasteiger partial charge is 0.160 e. The first-order valence-electron chi connectivity index (χ1n) is 9.21. The van der Waals surface area contributed by atoms with E-state index in [2.05, 4.69) is 27.7 Å². The molecule has 4 fully saturated rings. The van der Waals surface area contributed by atoms with Crippen LogP contribution in [0.3, 0.4) is 0 Å². The summed E-state index contributed by atoms with van der Waals surface area (Å²) in [5, 5.41) is 10.6. The largest absolute Gasteiger partial charge is 0.367 e. The average Bonchev–Trinajstić information content (AvgIpc) is 3.14. The Hall–Kier alpha value is -0.0800. The van der Waals surface area contributed by atoms with E-state index in [-0.39, 0.29) is 11.0 Å². The zero-order valence-electron chi connectivity index (χ0n) is 14.1. The van der Waals surface area contributed by atoms with Crippen molar-refractivity contribution in [2.24, 2.45) is 40.9 Å². The minimum absolute atomic E-state index is 0.0673.